The Morgan fingerprint density at radius 2 is 1.95 bits per heavy atom. The summed E-state index contributed by atoms with van der Waals surface area (Å²) in [5, 5.41) is 3.53. The van der Waals surface area contributed by atoms with Crippen LogP contribution in [0.3, 0.4) is 0 Å². The fourth-order valence-electron chi connectivity index (χ4n) is 1.68. The lowest BCUT2D eigenvalue weighted by atomic mass is 9.96. The topological polar surface area (TPSA) is 37.8 Å². The molecule has 0 saturated heterocycles. The van der Waals surface area contributed by atoms with Crippen LogP contribution in [0.2, 0.25) is 5.15 Å². The van der Waals surface area contributed by atoms with Gasteiger partial charge in [-0.15, -0.1) is 0 Å². The quantitative estimate of drug-likeness (QED) is 0.863. The van der Waals surface area contributed by atoms with Crippen LogP contribution in [0, 0.1) is 5.82 Å². The van der Waals surface area contributed by atoms with Crippen LogP contribution in [0.4, 0.5) is 10.2 Å². The van der Waals surface area contributed by atoms with E-state index in [1.807, 2.05) is 26.8 Å². The van der Waals surface area contributed by atoms with Gasteiger partial charge in [0.15, 0.2) is 0 Å². The van der Waals surface area contributed by atoms with Crippen molar-refractivity contribution >= 4 is 17.4 Å². The monoisotopic (exact) mass is 293 g/mol. The molecule has 0 aliphatic carbocycles. The van der Waals surface area contributed by atoms with E-state index in [9.17, 15) is 4.39 Å². The van der Waals surface area contributed by atoms with Crippen molar-refractivity contribution in [2.24, 2.45) is 0 Å². The molecule has 0 fully saturated rings. The zero-order valence-electron chi connectivity index (χ0n) is 11.7. The molecule has 0 aliphatic rings. The van der Waals surface area contributed by atoms with Crippen molar-refractivity contribution in [2.45, 2.75) is 32.7 Å². The lowest BCUT2D eigenvalue weighted by Gasteiger charge is -2.17. The molecular formula is C15H17ClFN3. The van der Waals surface area contributed by atoms with Gasteiger partial charge in [-0.3, -0.25) is 0 Å². The summed E-state index contributed by atoms with van der Waals surface area (Å²) in [6.07, 6.45) is 0. The maximum atomic E-state index is 13.1. The van der Waals surface area contributed by atoms with Crippen LogP contribution in [-0.4, -0.2) is 9.97 Å². The molecule has 3 nitrogen and oxygen atoms in total. The standard InChI is InChI=1S/C15H17ClFN3/c1-15(2,3)14-19-12(16)8-13(20-14)18-9-10-5-4-6-11(17)7-10/h4-8H,9H2,1-3H3,(H,18,19,20). The van der Waals surface area contributed by atoms with Gasteiger partial charge in [-0.05, 0) is 17.7 Å². The lowest BCUT2D eigenvalue weighted by molar-refractivity contribution is 0.546. The number of nitrogens with zero attached hydrogens (tertiary/aromatic N) is 2. The largest absolute Gasteiger partial charge is 0.366 e. The van der Waals surface area contributed by atoms with Crippen LogP contribution in [-0.2, 0) is 12.0 Å². The predicted octanol–water partition coefficient (Wildman–Crippen LogP) is 4.18. The third kappa shape index (κ3) is 3.90. The summed E-state index contributed by atoms with van der Waals surface area (Å²) in [5.41, 5.74) is 0.664. The Labute approximate surface area is 123 Å². The molecule has 106 valence electrons. The number of anilines is 1. The molecule has 1 aromatic carbocycles. The summed E-state index contributed by atoms with van der Waals surface area (Å²) in [6.45, 7) is 6.55. The van der Waals surface area contributed by atoms with Crippen molar-refractivity contribution in [3.05, 3.63) is 52.7 Å². The zero-order chi connectivity index (χ0) is 14.8. The van der Waals surface area contributed by atoms with Gasteiger partial charge in [-0.1, -0.05) is 44.5 Å². The molecule has 0 aliphatic heterocycles. The number of aromatic nitrogens is 2. The van der Waals surface area contributed by atoms with Gasteiger partial charge in [0.1, 0.15) is 22.6 Å². The van der Waals surface area contributed by atoms with Gasteiger partial charge >= 0.3 is 0 Å². The first-order chi connectivity index (χ1) is 9.34. The van der Waals surface area contributed by atoms with E-state index < -0.39 is 0 Å². The van der Waals surface area contributed by atoms with Crippen molar-refractivity contribution in [3.63, 3.8) is 0 Å². The molecule has 2 aromatic rings. The molecule has 20 heavy (non-hydrogen) atoms. The van der Waals surface area contributed by atoms with Gasteiger partial charge in [0.05, 0.1) is 0 Å². The molecule has 0 amide bonds. The Hall–Kier alpha value is -1.68. The lowest BCUT2D eigenvalue weighted by Crippen LogP contribution is -2.17. The fourth-order valence-corrected chi connectivity index (χ4v) is 1.87. The summed E-state index contributed by atoms with van der Waals surface area (Å²) in [4.78, 5) is 8.67. The number of hydrogen-bond donors (Lipinski definition) is 1. The highest BCUT2D eigenvalue weighted by atomic mass is 35.5. The van der Waals surface area contributed by atoms with E-state index in [0.717, 1.165) is 5.56 Å². The van der Waals surface area contributed by atoms with E-state index in [1.54, 1.807) is 12.1 Å². The number of benzene rings is 1. The smallest absolute Gasteiger partial charge is 0.137 e. The van der Waals surface area contributed by atoms with Gasteiger partial charge in [-0.25, -0.2) is 14.4 Å². The first-order valence-corrected chi connectivity index (χ1v) is 6.76. The second-order valence-electron chi connectivity index (χ2n) is 5.63. The van der Waals surface area contributed by atoms with Crippen LogP contribution in [0.25, 0.3) is 0 Å². The molecule has 1 heterocycles. The van der Waals surface area contributed by atoms with Gasteiger partial charge in [0, 0.05) is 18.0 Å². The van der Waals surface area contributed by atoms with Gasteiger partial charge in [-0.2, -0.15) is 0 Å². The van der Waals surface area contributed by atoms with E-state index in [1.165, 1.54) is 12.1 Å². The molecule has 0 radical (unpaired) electrons. The average molecular weight is 294 g/mol. The van der Waals surface area contributed by atoms with Gasteiger partial charge in [0.25, 0.3) is 0 Å². The minimum absolute atomic E-state index is 0.180. The predicted molar refractivity (Wildman–Crippen MR) is 79.5 cm³/mol. The van der Waals surface area contributed by atoms with Crippen molar-refractivity contribution in [1.29, 1.82) is 0 Å². The van der Waals surface area contributed by atoms with Crippen molar-refractivity contribution in [1.82, 2.24) is 9.97 Å². The Balaban J connectivity index is 2.16. The summed E-state index contributed by atoms with van der Waals surface area (Å²) < 4.78 is 13.1. The van der Waals surface area contributed by atoms with Crippen LogP contribution < -0.4 is 5.32 Å². The zero-order valence-corrected chi connectivity index (χ0v) is 12.5. The molecule has 1 N–H and O–H groups in total. The highest BCUT2D eigenvalue weighted by molar-refractivity contribution is 6.29. The van der Waals surface area contributed by atoms with E-state index in [4.69, 9.17) is 11.6 Å². The summed E-state index contributed by atoms with van der Waals surface area (Å²) >= 11 is 6.01. The van der Waals surface area contributed by atoms with Crippen molar-refractivity contribution < 1.29 is 4.39 Å². The van der Waals surface area contributed by atoms with Crippen LogP contribution >= 0.6 is 11.6 Å². The second-order valence-corrected chi connectivity index (χ2v) is 6.02. The Morgan fingerprint density at radius 1 is 1.20 bits per heavy atom. The van der Waals surface area contributed by atoms with Crippen LogP contribution in [0.15, 0.2) is 30.3 Å². The fraction of sp³-hybridized carbons (Fsp3) is 0.333. The van der Waals surface area contributed by atoms with E-state index in [2.05, 4.69) is 15.3 Å². The Morgan fingerprint density at radius 3 is 2.60 bits per heavy atom. The highest BCUT2D eigenvalue weighted by Gasteiger charge is 2.18. The Bertz CT molecular complexity index is 608. The van der Waals surface area contributed by atoms with Gasteiger partial charge in [0.2, 0.25) is 0 Å². The third-order valence-corrected chi connectivity index (χ3v) is 2.92. The SMILES string of the molecule is CC(C)(C)c1nc(Cl)cc(NCc2cccc(F)c2)n1. The third-order valence-electron chi connectivity index (χ3n) is 2.73. The number of hydrogen-bond acceptors (Lipinski definition) is 3. The molecule has 1 aromatic heterocycles. The van der Waals surface area contributed by atoms with Crippen LogP contribution in [0.5, 0.6) is 0 Å². The molecule has 2 rings (SSSR count). The Kier molecular flexibility index (Phi) is 4.23. The second kappa shape index (κ2) is 5.75. The maximum Gasteiger partial charge on any atom is 0.137 e. The van der Waals surface area contributed by atoms with Gasteiger partial charge < -0.3 is 5.32 Å². The average Bonchev–Trinajstić information content (AvgIpc) is 2.35. The molecule has 5 heteroatoms. The molecular weight excluding hydrogens is 277 g/mol. The van der Waals surface area contributed by atoms with E-state index in [-0.39, 0.29) is 11.2 Å². The number of rotatable bonds is 3. The first kappa shape index (κ1) is 14.7. The van der Waals surface area contributed by atoms with E-state index in [0.29, 0.717) is 23.3 Å². The minimum atomic E-state index is -0.250. The van der Waals surface area contributed by atoms with Crippen molar-refractivity contribution in [2.75, 3.05) is 5.32 Å². The molecule has 0 spiro atoms. The van der Waals surface area contributed by atoms with Crippen molar-refractivity contribution in [3.8, 4) is 0 Å². The van der Waals surface area contributed by atoms with Crippen LogP contribution in [0.1, 0.15) is 32.2 Å². The molecule has 0 atom stereocenters. The summed E-state index contributed by atoms with van der Waals surface area (Å²) in [5.74, 6) is 1.06. The van der Waals surface area contributed by atoms with E-state index >= 15 is 0 Å². The summed E-state index contributed by atoms with van der Waals surface area (Å²) in [7, 11) is 0. The first-order valence-electron chi connectivity index (χ1n) is 6.38. The molecule has 0 unspecified atom stereocenters. The molecule has 0 bridgehead atoms. The normalized spacial score (nSPS) is 11.4. The maximum absolute atomic E-state index is 13.1. The highest BCUT2D eigenvalue weighted by Crippen LogP contribution is 2.22. The summed E-state index contributed by atoms with van der Waals surface area (Å²) in [6, 6.07) is 8.10. The molecule has 0 saturated carbocycles. The number of halogens is 2. The minimum Gasteiger partial charge on any atom is -0.366 e. The number of nitrogens with one attached hydrogen (secondary N) is 1.